The summed E-state index contributed by atoms with van der Waals surface area (Å²) in [6.45, 7) is 1.67. The van der Waals surface area contributed by atoms with Crippen LogP contribution in [0.25, 0.3) is 10.9 Å². The minimum absolute atomic E-state index is 0.0742. The van der Waals surface area contributed by atoms with Crippen molar-refractivity contribution < 1.29 is 18.0 Å². The van der Waals surface area contributed by atoms with Gasteiger partial charge in [0.05, 0.1) is 16.5 Å². The number of ketones is 1. The van der Waals surface area contributed by atoms with Crippen molar-refractivity contribution in [3.8, 4) is 0 Å². The molecule has 0 atom stereocenters. The van der Waals surface area contributed by atoms with Gasteiger partial charge in [-0.25, -0.2) is 4.79 Å². The molecule has 2 aromatic rings. The Hall–Kier alpha value is -2.23. The lowest BCUT2D eigenvalue weighted by Gasteiger charge is -2.14. The molecular weight excluding hydrogens is 347 g/mol. The van der Waals surface area contributed by atoms with Gasteiger partial charge in [-0.15, -0.1) is 0 Å². The fourth-order valence-corrected chi connectivity index (χ4v) is 2.61. The Labute approximate surface area is 138 Å². The van der Waals surface area contributed by atoms with E-state index in [9.17, 15) is 27.6 Å². The van der Waals surface area contributed by atoms with Crippen LogP contribution >= 0.6 is 11.9 Å². The van der Waals surface area contributed by atoms with Gasteiger partial charge >= 0.3 is 11.9 Å². The lowest BCUT2D eigenvalue weighted by Crippen LogP contribution is -2.39. The zero-order chi connectivity index (χ0) is 18.1. The summed E-state index contributed by atoms with van der Waals surface area (Å²) in [5.74, 6) is -0.707. The summed E-state index contributed by atoms with van der Waals surface area (Å²) in [4.78, 5) is 40.8. The number of nitrogens with one attached hydrogen (secondary N) is 2. The van der Waals surface area contributed by atoms with Gasteiger partial charge in [-0.2, -0.15) is 17.8 Å². The number of carbonyl (C=O) groups excluding carboxylic acids is 1. The minimum atomic E-state index is -4.78. The van der Waals surface area contributed by atoms with Crippen molar-refractivity contribution in [2.75, 3.05) is 11.1 Å². The van der Waals surface area contributed by atoms with Gasteiger partial charge in [0.2, 0.25) is 0 Å². The summed E-state index contributed by atoms with van der Waals surface area (Å²) in [5, 5.41) is -0.177. The number of aromatic nitrogens is 2. The number of rotatable bonds is 5. The molecule has 0 saturated carbocycles. The third-order valence-corrected chi connectivity index (χ3v) is 3.67. The normalized spacial score (nSPS) is 11.7. The second kappa shape index (κ2) is 6.71. The largest absolute Gasteiger partial charge is 0.417 e. The first-order valence-electron chi connectivity index (χ1n) is 6.93. The van der Waals surface area contributed by atoms with Gasteiger partial charge in [-0.3, -0.25) is 14.4 Å². The maximum atomic E-state index is 13.2. The molecule has 0 amide bonds. The van der Waals surface area contributed by atoms with Gasteiger partial charge < -0.3 is 4.98 Å². The molecule has 0 aliphatic heterocycles. The van der Waals surface area contributed by atoms with E-state index in [4.69, 9.17) is 0 Å². The molecular formula is C14H14F3N3O3S. The number of Topliss-reactive ketones (excluding diaryl/α,β-unsaturated/α-hetero) is 1. The van der Waals surface area contributed by atoms with E-state index in [0.717, 1.165) is 18.0 Å². The minimum Gasteiger partial charge on any atom is -0.305 e. The molecule has 0 bridgehead atoms. The molecule has 0 aliphatic rings. The summed E-state index contributed by atoms with van der Waals surface area (Å²) >= 11 is 0.964. The average Bonchev–Trinajstić information content (AvgIpc) is 2.49. The number of benzene rings is 1. The van der Waals surface area contributed by atoms with Crippen LogP contribution < -0.4 is 16.1 Å². The van der Waals surface area contributed by atoms with Crippen molar-refractivity contribution in [1.29, 1.82) is 0 Å². The van der Waals surface area contributed by atoms with Gasteiger partial charge in [0.15, 0.2) is 5.78 Å². The molecule has 130 valence electrons. The van der Waals surface area contributed by atoms with E-state index in [1.54, 1.807) is 13.2 Å². The number of hydrogen-bond acceptors (Lipinski definition) is 5. The second-order valence-corrected chi connectivity index (χ2v) is 5.57. The van der Waals surface area contributed by atoms with Gasteiger partial charge in [-0.1, -0.05) is 6.92 Å². The zero-order valence-electron chi connectivity index (χ0n) is 12.8. The van der Waals surface area contributed by atoms with E-state index in [2.05, 4.69) is 9.82 Å². The van der Waals surface area contributed by atoms with Gasteiger partial charge in [0.1, 0.15) is 0 Å². The van der Waals surface area contributed by atoms with Crippen LogP contribution in [0.15, 0.2) is 21.7 Å². The molecule has 0 fully saturated rings. The Kier molecular flexibility index (Phi) is 5.07. The average molecular weight is 361 g/mol. The van der Waals surface area contributed by atoms with Crippen LogP contribution in [0.5, 0.6) is 0 Å². The Morgan fingerprint density at radius 3 is 2.54 bits per heavy atom. The predicted molar refractivity (Wildman–Crippen MR) is 85.9 cm³/mol. The number of alkyl halides is 3. The van der Waals surface area contributed by atoms with E-state index in [-0.39, 0.29) is 17.3 Å². The molecule has 24 heavy (non-hydrogen) atoms. The molecule has 0 saturated heterocycles. The van der Waals surface area contributed by atoms with Crippen LogP contribution in [0.1, 0.15) is 35.7 Å². The maximum Gasteiger partial charge on any atom is 0.417 e. The smallest absolute Gasteiger partial charge is 0.305 e. The summed E-state index contributed by atoms with van der Waals surface area (Å²) in [5.41, 5.74) is -3.75. The van der Waals surface area contributed by atoms with Crippen molar-refractivity contribution in [3.05, 3.63) is 44.1 Å². The number of H-pyrrole nitrogens is 1. The van der Waals surface area contributed by atoms with E-state index >= 15 is 0 Å². The fourth-order valence-electron chi connectivity index (χ4n) is 2.26. The van der Waals surface area contributed by atoms with Crippen LogP contribution in [-0.2, 0) is 6.18 Å². The third-order valence-electron chi connectivity index (χ3n) is 3.30. The third kappa shape index (κ3) is 3.32. The Morgan fingerprint density at radius 2 is 2.00 bits per heavy atom. The maximum absolute atomic E-state index is 13.2. The Bertz CT molecular complexity index is 902. The monoisotopic (exact) mass is 361 g/mol. The topological polar surface area (TPSA) is 84.0 Å². The van der Waals surface area contributed by atoms with E-state index in [1.807, 2.05) is 0 Å². The van der Waals surface area contributed by atoms with Crippen LogP contribution in [0.2, 0.25) is 0 Å². The summed E-state index contributed by atoms with van der Waals surface area (Å²) in [6, 6.07) is 1.53. The first kappa shape index (κ1) is 18.1. The molecule has 0 unspecified atom stereocenters. The number of hydrogen-bond donors (Lipinski definition) is 2. The molecule has 0 radical (unpaired) electrons. The Morgan fingerprint density at radius 1 is 1.33 bits per heavy atom. The highest BCUT2D eigenvalue weighted by Gasteiger charge is 2.35. The van der Waals surface area contributed by atoms with Crippen LogP contribution in [0.4, 0.5) is 13.2 Å². The first-order chi connectivity index (χ1) is 11.2. The zero-order valence-corrected chi connectivity index (χ0v) is 13.6. The highest BCUT2D eigenvalue weighted by Crippen LogP contribution is 2.34. The first-order valence-corrected chi connectivity index (χ1v) is 8.15. The SMILES string of the molecule is CCCC(=O)c1cc2c(=O)n(NSC)c(=O)[nH]c2cc1C(F)(F)F. The molecule has 2 N–H and O–H groups in total. The number of carbonyl (C=O) groups is 1. The number of fused-ring (bicyclic) bond motifs is 1. The van der Waals surface area contributed by atoms with Crippen LogP contribution in [0.3, 0.4) is 0 Å². The molecule has 1 aromatic carbocycles. The van der Waals surface area contributed by atoms with Crippen molar-refractivity contribution >= 4 is 28.6 Å². The van der Waals surface area contributed by atoms with E-state index in [1.165, 1.54) is 0 Å². The van der Waals surface area contributed by atoms with Crippen molar-refractivity contribution in [2.24, 2.45) is 0 Å². The molecule has 1 heterocycles. The van der Waals surface area contributed by atoms with Crippen molar-refractivity contribution in [3.63, 3.8) is 0 Å². The van der Waals surface area contributed by atoms with Gasteiger partial charge in [0.25, 0.3) is 5.56 Å². The summed E-state index contributed by atoms with van der Waals surface area (Å²) in [7, 11) is 0. The molecule has 0 aliphatic carbocycles. The fraction of sp³-hybridized carbons (Fsp3) is 0.357. The van der Waals surface area contributed by atoms with E-state index < -0.39 is 34.3 Å². The molecule has 2 rings (SSSR count). The van der Waals surface area contributed by atoms with Crippen molar-refractivity contribution in [1.82, 2.24) is 9.66 Å². The molecule has 10 heteroatoms. The summed E-state index contributed by atoms with van der Waals surface area (Å²) < 4.78 is 40.3. The lowest BCUT2D eigenvalue weighted by atomic mass is 9.98. The van der Waals surface area contributed by atoms with Crippen LogP contribution in [0, 0.1) is 0 Å². The number of aromatic amines is 1. The lowest BCUT2D eigenvalue weighted by molar-refractivity contribution is -0.137. The standard InChI is InChI=1S/C14H14F3N3O3S/c1-3-4-11(21)7-5-8-10(6-9(7)14(15,16)17)18-13(23)20(12(8)22)19-24-2/h5-6,19H,3-4H2,1-2H3,(H,18,23). The number of nitrogens with zero attached hydrogens (tertiary/aromatic N) is 1. The van der Waals surface area contributed by atoms with Gasteiger partial charge in [0, 0.05) is 18.2 Å². The quantitative estimate of drug-likeness (QED) is 0.632. The summed E-state index contributed by atoms with van der Waals surface area (Å²) in [6.07, 6.45) is -2.91. The van der Waals surface area contributed by atoms with E-state index in [0.29, 0.717) is 17.2 Å². The molecule has 6 nitrogen and oxygen atoms in total. The molecule has 1 aromatic heterocycles. The molecule has 0 spiro atoms. The Balaban J connectivity index is 2.86. The van der Waals surface area contributed by atoms with Crippen molar-refractivity contribution in [2.45, 2.75) is 25.9 Å². The predicted octanol–water partition coefficient (Wildman–Crippen LogP) is 2.51. The second-order valence-electron chi connectivity index (χ2n) is 4.98. The van der Waals surface area contributed by atoms with Crippen LogP contribution in [-0.4, -0.2) is 21.7 Å². The van der Waals surface area contributed by atoms with Gasteiger partial charge in [-0.05, 0) is 30.5 Å². The number of halogens is 3. The highest BCUT2D eigenvalue weighted by atomic mass is 32.2. The highest BCUT2D eigenvalue weighted by molar-refractivity contribution is 7.99.